The monoisotopic (exact) mass is 432 g/mol. The Labute approximate surface area is 183 Å². The molecule has 2 aromatic heterocycles. The number of ether oxygens (including phenoxy) is 1. The van der Waals surface area contributed by atoms with Gasteiger partial charge in [-0.05, 0) is 47.7 Å². The third kappa shape index (κ3) is 4.84. The molecule has 0 aliphatic heterocycles. The molecule has 0 radical (unpaired) electrons. The van der Waals surface area contributed by atoms with Crippen LogP contribution in [0, 0.1) is 0 Å². The molecular weight excluding hydrogens is 412 g/mol. The first-order valence-electron chi connectivity index (χ1n) is 9.53. The Morgan fingerprint density at radius 1 is 1.03 bits per heavy atom. The summed E-state index contributed by atoms with van der Waals surface area (Å²) in [5.74, 6) is 0.617. The number of nitrogens with zero attached hydrogens (tertiary/aromatic N) is 1. The van der Waals surface area contributed by atoms with E-state index in [2.05, 4.69) is 10.3 Å². The first-order chi connectivity index (χ1) is 14.7. The van der Waals surface area contributed by atoms with Crippen molar-refractivity contribution in [1.29, 1.82) is 0 Å². The zero-order chi connectivity index (χ0) is 20.8. The van der Waals surface area contributed by atoms with Crippen LogP contribution in [0.1, 0.15) is 18.1 Å². The molecule has 4 aromatic rings. The first-order valence-corrected chi connectivity index (χ1v) is 11.3. The van der Waals surface area contributed by atoms with Crippen LogP contribution < -0.4 is 10.1 Å². The summed E-state index contributed by atoms with van der Waals surface area (Å²) in [7, 11) is 0. The molecule has 150 valence electrons. The van der Waals surface area contributed by atoms with Gasteiger partial charge >= 0.3 is 0 Å². The summed E-state index contributed by atoms with van der Waals surface area (Å²) in [6.07, 6.45) is 1.88. The number of aromatic nitrogens is 1. The molecule has 6 heteroatoms. The zero-order valence-electron chi connectivity index (χ0n) is 16.4. The Bertz CT molecular complexity index is 1130. The Kier molecular flexibility index (Phi) is 6.37. The average molecular weight is 433 g/mol. The van der Waals surface area contributed by atoms with Gasteiger partial charge in [-0.3, -0.25) is 10.1 Å². The molecule has 2 aromatic carbocycles. The number of amides is 1. The number of thiazole rings is 1. The van der Waals surface area contributed by atoms with Crippen LogP contribution >= 0.6 is 22.7 Å². The number of rotatable bonds is 7. The third-order valence-corrected chi connectivity index (χ3v) is 5.98. The van der Waals surface area contributed by atoms with Gasteiger partial charge in [0.1, 0.15) is 5.75 Å². The van der Waals surface area contributed by atoms with Gasteiger partial charge in [0.2, 0.25) is 0 Å². The van der Waals surface area contributed by atoms with E-state index < -0.39 is 0 Å². The highest BCUT2D eigenvalue weighted by Gasteiger charge is 2.15. The van der Waals surface area contributed by atoms with Gasteiger partial charge in [0.15, 0.2) is 5.13 Å². The molecule has 4 rings (SSSR count). The quantitative estimate of drug-likeness (QED) is 0.270. The maximum absolute atomic E-state index is 13.1. The molecule has 0 saturated heterocycles. The molecule has 1 N–H and O–H groups in total. The highest BCUT2D eigenvalue weighted by atomic mass is 32.1. The number of thiophene rings is 1. The predicted molar refractivity (Wildman–Crippen MR) is 126 cm³/mol. The van der Waals surface area contributed by atoms with Gasteiger partial charge in [0, 0.05) is 11.0 Å². The fraction of sp³-hybridized carbons (Fsp3) is 0.0833. The van der Waals surface area contributed by atoms with Gasteiger partial charge in [-0.1, -0.05) is 48.5 Å². The largest absolute Gasteiger partial charge is 0.494 e. The molecular formula is C24H20N2O2S2. The number of hydrogen-bond donors (Lipinski definition) is 1. The van der Waals surface area contributed by atoms with Gasteiger partial charge < -0.3 is 4.74 Å². The van der Waals surface area contributed by atoms with E-state index in [9.17, 15) is 4.79 Å². The third-order valence-electron chi connectivity index (χ3n) is 4.33. The summed E-state index contributed by atoms with van der Waals surface area (Å²) < 4.78 is 5.50. The van der Waals surface area contributed by atoms with Crippen LogP contribution in [0.3, 0.4) is 0 Å². The molecule has 0 atom stereocenters. The molecule has 0 saturated carbocycles. The molecule has 1 amide bonds. The lowest BCUT2D eigenvalue weighted by molar-refractivity contribution is -0.111. The lowest BCUT2D eigenvalue weighted by Gasteiger charge is -2.09. The van der Waals surface area contributed by atoms with Crippen molar-refractivity contribution in [2.24, 2.45) is 0 Å². The van der Waals surface area contributed by atoms with E-state index in [0.29, 0.717) is 17.3 Å². The number of nitrogens with one attached hydrogen (secondary N) is 1. The summed E-state index contributed by atoms with van der Waals surface area (Å²) in [4.78, 5) is 18.8. The van der Waals surface area contributed by atoms with E-state index >= 15 is 0 Å². The van der Waals surface area contributed by atoms with E-state index in [4.69, 9.17) is 4.74 Å². The average Bonchev–Trinajstić information content (AvgIpc) is 3.46. The van der Waals surface area contributed by atoms with Crippen LogP contribution in [0.15, 0.2) is 77.5 Å². The number of carbonyl (C=O) groups is 1. The second-order valence-electron chi connectivity index (χ2n) is 6.40. The summed E-state index contributed by atoms with van der Waals surface area (Å²) in [5.41, 5.74) is 3.22. The van der Waals surface area contributed by atoms with Gasteiger partial charge in [0.05, 0.1) is 17.2 Å². The molecule has 0 unspecified atom stereocenters. The lowest BCUT2D eigenvalue weighted by atomic mass is 10.0. The van der Waals surface area contributed by atoms with Crippen LogP contribution in [-0.4, -0.2) is 17.5 Å². The highest BCUT2D eigenvalue weighted by Crippen LogP contribution is 2.29. The minimum absolute atomic E-state index is 0.192. The van der Waals surface area contributed by atoms with Gasteiger partial charge in [-0.25, -0.2) is 4.98 Å². The van der Waals surface area contributed by atoms with Crippen LogP contribution in [0.25, 0.3) is 22.2 Å². The molecule has 0 aliphatic carbocycles. The van der Waals surface area contributed by atoms with Crippen molar-refractivity contribution in [1.82, 2.24) is 4.98 Å². The van der Waals surface area contributed by atoms with Crippen LogP contribution in [0.5, 0.6) is 5.75 Å². The highest BCUT2D eigenvalue weighted by molar-refractivity contribution is 7.16. The van der Waals surface area contributed by atoms with Crippen molar-refractivity contribution in [3.63, 3.8) is 0 Å². The Balaban J connectivity index is 1.60. The maximum Gasteiger partial charge on any atom is 0.258 e. The molecule has 0 spiro atoms. The Morgan fingerprint density at radius 3 is 2.53 bits per heavy atom. The summed E-state index contributed by atoms with van der Waals surface area (Å²) in [6, 6.07) is 21.4. The van der Waals surface area contributed by atoms with E-state index in [0.717, 1.165) is 27.4 Å². The molecule has 0 bridgehead atoms. The second-order valence-corrected chi connectivity index (χ2v) is 8.20. The van der Waals surface area contributed by atoms with E-state index in [1.807, 2.05) is 90.5 Å². The van der Waals surface area contributed by atoms with Gasteiger partial charge in [0.25, 0.3) is 5.91 Å². The minimum Gasteiger partial charge on any atom is -0.494 e. The molecule has 30 heavy (non-hydrogen) atoms. The van der Waals surface area contributed by atoms with Crippen molar-refractivity contribution in [2.45, 2.75) is 6.92 Å². The fourth-order valence-electron chi connectivity index (χ4n) is 2.92. The lowest BCUT2D eigenvalue weighted by Crippen LogP contribution is -2.13. The summed E-state index contributed by atoms with van der Waals surface area (Å²) >= 11 is 3.05. The normalized spacial score (nSPS) is 11.3. The van der Waals surface area contributed by atoms with E-state index in [1.165, 1.54) is 11.3 Å². The predicted octanol–water partition coefficient (Wildman–Crippen LogP) is 6.45. The number of anilines is 1. The standard InChI is InChI=1S/C24H20N2O2S2/c1-2-28-19-12-10-17(11-13-19)15-20(18-7-4-3-5-8-18)23(27)26-24-25-21(16-30-24)22-9-6-14-29-22/h3-16H,2H2,1H3,(H,25,26,27)/b20-15+. The zero-order valence-corrected chi connectivity index (χ0v) is 18.0. The first kappa shape index (κ1) is 20.1. The maximum atomic E-state index is 13.1. The molecule has 0 aliphatic rings. The van der Waals surface area contributed by atoms with Crippen molar-refractivity contribution in [2.75, 3.05) is 11.9 Å². The van der Waals surface area contributed by atoms with E-state index in [-0.39, 0.29) is 5.91 Å². The SMILES string of the molecule is CCOc1ccc(/C=C(/C(=O)Nc2nc(-c3cccs3)cs2)c2ccccc2)cc1. The Morgan fingerprint density at radius 2 is 1.83 bits per heavy atom. The minimum atomic E-state index is -0.192. The topological polar surface area (TPSA) is 51.2 Å². The van der Waals surface area contributed by atoms with Crippen LogP contribution in [-0.2, 0) is 4.79 Å². The van der Waals surface area contributed by atoms with E-state index in [1.54, 1.807) is 11.3 Å². The second kappa shape index (κ2) is 9.52. The van der Waals surface area contributed by atoms with Crippen molar-refractivity contribution < 1.29 is 9.53 Å². The molecule has 4 nitrogen and oxygen atoms in total. The summed E-state index contributed by atoms with van der Waals surface area (Å²) in [5, 5.41) is 7.51. The fourth-order valence-corrected chi connectivity index (χ4v) is 4.39. The van der Waals surface area contributed by atoms with Crippen LogP contribution in [0.4, 0.5) is 5.13 Å². The van der Waals surface area contributed by atoms with Crippen molar-refractivity contribution in [3.05, 3.63) is 88.6 Å². The number of benzene rings is 2. The van der Waals surface area contributed by atoms with Crippen molar-refractivity contribution >= 4 is 45.4 Å². The van der Waals surface area contributed by atoms with Crippen molar-refractivity contribution in [3.8, 4) is 16.3 Å². The van der Waals surface area contributed by atoms with Gasteiger partial charge in [-0.2, -0.15) is 0 Å². The summed E-state index contributed by atoms with van der Waals surface area (Å²) in [6.45, 7) is 2.57. The number of carbonyl (C=O) groups excluding carboxylic acids is 1. The smallest absolute Gasteiger partial charge is 0.258 e. The number of hydrogen-bond acceptors (Lipinski definition) is 5. The van der Waals surface area contributed by atoms with Gasteiger partial charge in [-0.15, -0.1) is 22.7 Å². The molecule has 2 heterocycles. The van der Waals surface area contributed by atoms with Crippen LogP contribution in [0.2, 0.25) is 0 Å². The Hall–Kier alpha value is -3.22. The molecule has 0 fully saturated rings.